The molecule has 1 N–H and O–H groups in total. The predicted molar refractivity (Wildman–Crippen MR) is 113 cm³/mol. The number of hydrogen-bond donors (Lipinski definition) is 1. The van der Waals surface area contributed by atoms with E-state index in [9.17, 15) is 0 Å². The third-order valence-corrected chi connectivity index (χ3v) is 5.42. The Bertz CT molecular complexity index is 891. The Kier molecular flexibility index (Phi) is 5.21. The second-order valence-electron chi connectivity index (χ2n) is 6.81. The van der Waals surface area contributed by atoms with Crippen molar-refractivity contribution in [3.8, 4) is 5.69 Å². The number of thiocarbonyl (C=S) groups is 1. The van der Waals surface area contributed by atoms with E-state index in [2.05, 4.69) is 75.4 Å². The van der Waals surface area contributed by atoms with Crippen molar-refractivity contribution in [3.63, 3.8) is 0 Å². The molecule has 1 aromatic carbocycles. The zero-order valence-electron chi connectivity index (χ0n) is 15.5. The van der Waals surface area contributed by atoms with Gasteiger partial charge in [0.15, 0.2) is 5.11 Å². The lowest BCUT2D eigenvalue weighted by Crippen LogP contribution is -2.31. The first-order valence-electron chi connectivity index (χ1n) is 9.50. The minimum atomic E-state index is 0.0351. The van der Waals surface area contributed by atoms with Crippen LogP contribution in [0.3, 0.4) is 0 Å². The van der Waals surface area contributed by atoms with Gasteiger partial charge in [-0.3, -0.25) is 4.98 Å². The predicted octanol–water partition coefficient (Wildman–Crippen LogP) is 4.64. The van der Waals surface area contributed by atoms with Crippen LogP contribution < -0.4 is 5.32 Å². The molecule has 0 radical (unpaired) electrons. The van der Waals surface area contributed by atoms with E-state index in [0.717, 1.165) is 35.9 Å². The number of nitrogens with one attached hydrogen (secondary N) is 1. The summed E-state index contributed by atoms with van der Waals surface area (Å²) in [4.78, 5) is 6.94. The van der Waals surface area contributed by atoms with E-state index in [4.69, 9.17) is 12.2 Å². The molecular formula is C22H24N4S. The molecule has 1 aliphatic rings. The van der Waals surface area contributed by atoms with E-state index in [-0.39, 0.29) is 12.1 Å². The zero-order valence-corrected chi connectivity index (χ0v) is 16.3. The average Bonchev–Trinajstić information content (AvgIpc) is 3.32. The summed E-state index contributed by atoms with van der Waals surface area (Å²) >= 11 is 5.72. The summed E-state index contributed by atoms with van der Waals surface area (Å²) in [5.74, 6) is 0. The molecule has 2 atom stereocenters. The van der Waals surface area contributed by atoms with Crippen molar-refractivity contribution in [3.05, 3.63) is 84.4 Å². The Morgan fingerprint density at radius 3 is 2.59 bits per heavy atom. The molecule has 1 aliphatic heterocycles. The van der Waals surface area contributed by atoms with E-state index in [0.29, 0.717) is 0 Å². The second kappa shape index (κ2) is 7.92. The maximum atomic E-state index is 5.72. The van der Waals surface area contributed by atoms with Gasteiger partial charge in [-0.1, -0.05) is 37.6 Å². The number of hydrogen-bond acceptors (Lipinski definition) is 2. The van der Waals surface area contributed by atoms with Crippen molar-refractivity contribution < 1.29 is 0 Å². The molecule has 5 heteroatoms. The lowest BCUT2D eigenvalue weighted by molar-refractivity contribution is 0.304. The molecule has 138 valence electrons. The number of aromatic nitrogens is 2. The van der Waals surface area contributed by atoms with Crippen LogP contribution in [0, 0.1) is 0 Å². The summed E-state index contributed by atoms with van der Waals surface area (Å²) in [5, 5.41) is 4.34. The molecule has 4 rings (SSSR count). The molecule has 4 nitrogen and oxygen atoms in total. The van der Waals surface area contributed by atoms with Crippen LogP contribution in [0.2, 0.25) is 0 Å². The van der Waals surface area contributed by atoms with E-state index in [1.165, 1.54) is 5.69 Å². The lowest BCUT2D eigenvalue weighted by Gasteiger charge is -2.29. The van der Waals surface area contributed by atoms with Gasteiger partial charge in [0.2, 0.25) is 0 Å². The minimum Gasteiger partial charge on any atom is -0.352 e. The SMILES string of the molecule is CCCCN1C(=S)N[C@@H](c2ccccn2)[C@@H]1c1cccn1-c1ccccc1. The van der Waals surface area contributed by atoms with Crippen molar-refractivity contribution in [1.29, 1.82) is 0 Å². The number of rotatable bonds is 6. The first-order valence-corrected chi connectivity index (χ1v) is 9.91. The Morgan fingerprint density at radius 1 is 1.04 bits per heavy atom. The highest BCUT2D eigenvalue weighted by atomic mass is 32.1. The van der Waals surface area contributed by atoms with Gasteiger partial charge in [-0.05, 0) is 55.0 Å². The smallest absolute Gasteiger partial charge is 0.170 e. The van der Waals surface area contributed by atoms with Crippen LogP contribution in [-0.2, 0) is 0 Å². The molecule has 3 heterocycles. The first kappa shape index (κ1) is 17.7. The fourth-order valence-corrected chi connectivity index (χ4v) is 4.09. The monoisotopic (exact) mass is 376 g/mol. The van der Waals surface area contributed by atoms with Gasteiger partial charge in [0.25, 0.3) is 0 Å². The van der Waals surface area contributed by atoms with E-state index in [1.807, 2.05) is 24.4 Å². The maximum Gasteiger partial charge on any atom is 0.170 e. The highest BCUT2D eigenvalue weighted by Crippen LogP contribution is 2.39. The van der Waals surface area contributed by atoms with Crippen molar-refractivity contribution in [2.24, 2.45) is 0 Å². The van der Waals surface area contributed by atoms with Crippen molar-refractivity contribution in [2.75, 3.05) is 6.54 Å². The number of unbranched alkanes of at least 4 members (excludes halogenated alkanes) is 1. The standard InChI is InChI=1S/C22H24N4S/c1-2-3-15-26-21(20(24-22(26)27)18-12-7-8-14-23-18)19-13-9-16-25(19)17-10-5-4-6-11-17/h4-14,16,20-21H,2-3,15H2,1H3,(H,24,27)/t20-,21-/m0/s1. The lowest BCUT2D eigenvalue weighted by atomic mass is 10.0. The van der Waals surface area contributed by atoms with Gasteiger partial charge >= 0.3 is 0 Å². The summed E-state index contributed by atoms with van der Waals surface area (Å²) in [7, 11) is 0. The highest BCUT2D eigenvalue weighted by molar-refractivity contribution is 7.80. The number of para-hydroxylation sites is 1. The summed E-state index contributed by atoms with van der Waals surface area (Å²) in [6, 6.07) is 21.0. The maximum absolute atomic E-state index is 5.72. The molecular weight excluding hydrogens is 352 g/mol. The third kappa shape index (κ3) is 3.47. The Labute approximate surface area is 165 Å². The largest absolute Gasteiger partial charge is 0.352 e. The number of benzene rings is 1. The Balaban J connectivity index is 1.78. The first-order chi connectivity index (χ1) is 13.3. The average molecular weight is 377 g/mol. The molecule has 1 saturated heterocycles. The fraction of sp³-hybridized carbons (Fsp3) is 0.273. The molecule has 0 bridgehead atoms. The third-order valence-electron chi connectivity index (χ3n) is 5.07. The summed E-state index contributed by atoms with van der Waals surface area (Å²) in [6.45, 7) is 3.15. The summed E-state index contributed by atoms with van der Waals surface area (Å²) in [5.41, 5.74) is 3.40. The molecule has 0 unspecified atom stereocenters. The topological polar surface area (TPSA) is 33.1 Å². The van der Waals surface area contributed by atoms with E-state index in [1.54, 1.807) is 0 Å². The molecule has 3 aromatic rings. The van der Waals surface area contributed by atoms with Crippen LogP contribution in [0.5, 0.6) is 0 Å². The van der Waals surface area contributed by atoms with Gasteiger partial charge in [-0.15, -0.1) is 0 Å². The van der Waals surface area contributed by atoms with Crippen LogP contribution in [0.1, 0.15) is 43.2 Å². The van der Waals surface area contributed by atoms with Gasteiger partial charge in [0, 0.05) is 30.3 Å². The molecule has 0 saturated carbocycles. The van der Waals surface area contributed by atoms with E-state index >= 15 is 0 Å². The van der Waals surface area contributed by atoms with Crippen LogP contribution in [-0.4, -0.2) is 26.1 Å². The Morgan fingerprint density at radius 2 is 1.85 bits per heavy atom. The quantitative estimate of drug-likeness (QED) is 0.635. The van der Waals surface area contributed by atoms with Gasteiger partial charge in [-0.2, -0.15) is 0 Å². The van der Waals surface area contributed by atoms with E-state index < -0.39 is 0 Å². The van der Waals surface area contributed by atoms with Gasteiger partial charge < -0.3 is 14.8 Å². The molecule has 27 heavy (non-hydrogen) atoms. The van der Waals surface area contributed by atoms with Crippen molar-refractivity contribution in [2.45, 2.75) is 31.8 Å². The summed E-state index contributed by atoms with van der Waals surface area (Å²) < 4.78 is 2.26. The zero-order chi connectivity index (χ0) is 18.6. The van der Waals surface area contributed by atoms with Crippen molar-refractivity contribution >= 4 is 17.3 Å². The molecule has 0 spiro atoms. The van der Waals surface area contributed by atoms with Crippen LogP contribution in [0.4, 0.5) is 0 Å². The number of nitrogens with zero attached hydrogens (tertiary/aromatic N) is 3. The van der Waals surface area contributed by atoms with Gasteiger partial charge in [0.05, 0.1) is 17.8 Å². The molecule has 0 amide bonds. The Hall–Kier alpha value is -2.66. The van der Waals surface area contributed by atoms with Crippen LogP contribution >= 0.6 is 12.2 Å². The van der Waals surface area contributed by atoms with Gasteiger partial charge in [0.1, 0.15) is 0 Å². The van der Waals surface area contributed by atoms with Crippen LogP contribution in [0.25, 0.3) is 5.69 Å². The normalized spacial score (nSPS) is 19.3. The summed E-state index contributed by atoms with van der Waals surface area (Å²) in [6.07, 6.45) is 6.22. The molecule has 0 aliphatic carbocycles. The van der Waals surface area contributed by atoms with Crippen molar-refractivity contribution in [1.82, 2.24) is 19.8 Å². The van der Waals surface area contributed by atoms with Crippen LogP contribution in [0.15, 0.2) is 73.1 Å². The molecule has 2 aromatic heterocycles. The second-order valence-corrected chi connectivity index (χ2v) is 7.20. The fourth-order valence-electron chi connectivity index (χ4n) is 3.76. The highest BCUT2D eigenvalue weighted by Gasteiger charge is 2.40. The minimum absolute atomic E-state index is 0.0351. The molecule has 1 fully saturated rings. The number of pyridine rings is 1. The van der Waals surface area contributed by atoms with Gasteiger partial charge in [-0.25, -0.2) is 0 Å².